The second-order valence-electron chi connectivity index (χ2n) is 18.1. The number of para-hydroxylation sites is 2. The minimum Gasteiger partial charge on any atom is -0.493 e. The van der Waals surface area contributed by atoms with Crippen LogP contribution < -0.4 is 50.0 Å². The minimum absolute atomic E-state index is 0.0270. The number of benzene rings is 5. The molecule has 0 aromatic heterocycles. The number of rotatable bonds is 18. The Labute approximate surface area is 406 Å². The van der Waals surface area contributed by atoms with Crippen LogP contribution in [0.1, 0.15) is 77.7 Å². The van der Waals surface area contributed by atoms with Crippen LogP contribution in [-0.4, -0.2) is 81.1 Å². The van der Waals surface area contributed by atoms with Crippen molar-refractivity contribution in [2.75, 3.05) is 47.7 Å². The molecule has 0 fully saturated rings. The number of unbranched alkanes of at least 4 members (excludes halogenated alkanes) is 1. The van der Waals surface area contributed by atoms with Crippen LogP contribution in [0, 0.1) is 0 Å². The third-order valence-electron chi connectivity index (χ3n) is 13.1. The maximum Gasteiger partial charge on any atom is 0.261 e. The van der Waals surface area contributed by atoms with E-state index >= 15 is 0 Å². The molecular weight excluding hydrogens is 891 g/mol. The Bertz CT molecular complexity index is 2880. The van der Waals surface area contributed by atoms with Gasteiger partial charge in [0.1, 0.15) is 25.0 Å². The number of aliphatic imine (C=N–C) groups is 1. The van der Waals surface area contributed by atoms with Gasteiger partial charge in [0.2, 0.25) is 17.7 Å². The van der Waals surface area contributed by atoms with Crippen molar-refractivity contribution in [2.24, 2.45) is 4.99 Å². The summed E-state index contributed by atoms with van der Waals surface area (Å²) in [7, 11) is 3.13. The van der Waals surface area contributed by atoms with Crippen molar-refractivity contribution in [3.63, 3.8) is 0 Å². The zero-order valence-electron chi connectivity index (χ0n) is 39.8. The summed E-state index contributed by atoms with van der Waals surface area (Å²) in [6.07, 6.45) is 5.15. The van der Waals surface area contributed by atoms with Gasteiger partial charge in [-0.05, 0) is 103 Å². The molecule has 0 saturated heterocycles. The van der Waals surface area contributed by atoms with Gasteiger partial charge in [-0.3, -0.25) is 29.1 Å². The average molecular weight is 948 g/mol. The number of fused-ring (bicyclic) bond motifs is 8. The molecule has 4 aliphatic rings. The van der Waals surface area contributed by atoms with Gasteiger partial charge in [0.15, 0.2) is 23.0 Å². The van der Waals surface area contributed by atoms with Crippen LogP contribution in [0.2, 0.25) is 0 Å². The summed E-state index contributed by atoms with van der Waals surface area (Å²) in [6, 6.07) is 28.3. The lowest BCUT2D eigenvalue weighted by molar-refractivity contribution is -0.128. The zero-order chi connectivity index (χ0) is 48.9. The van der Waals surface area contributed by atoms with Crippen molar-refractivity contribution >= 4 is 64.1 Å². The molecule has 0 aliphatic carbocycles. The van der Waals surface area contributed by atoms with Crippen molar-refractivity contribution in [3.8, 4) is 23.0 Å². The normalized spacial score (nSPS) is 16.4. The van der Waals surface area contributed by atoms with Crippen LogP contribution in [0.15, 0.2) is 96.0 Å². The summed E-state index contributed by atoms with van der Waals surface area (Å²) in [4.78, 5) is 72.9. The lowest BCUT2D eigenvalue weighted by Crippen LogP contribution is -2.45. The maximum absolute atomic E-state index is 14.0. The van der Waals surface area contributed by atoms with E-state index in [1.54, 1.807) is 49.4 Å². The highest BCUT2D eigenvalue weighted by atomic mass is 16.5. The van der Waals surface area contributed by atoms with E-state index in [0.29, 0.717) is 89.3 Å². The Morgan fingerprint density at radius 1 is 0.771 bits per heavy atom. The predicted molar refractivity (Wildman–Crippen MR) is 267 cm³/mol. The number of carbonyl (C=O) groups is 5. The average Bonchev–Trinajstić information content (AvgIpc) is 3.81. The molecule has 16 nitrogen and oxygen atoms in total. The highest BCUT2D eigenvalue weighted by molar-refractivity contribution is 6.14. The molecule has 9 rings (SSSR count). The van der Waals surface area contributed by atoms with Crippen LogP contribution in [-0.2, 0) is 51.8 Å². The van der Waals surface area contributed by atoms with Gasteiger partial charge >= 0.3 is 0 Å². The summed E-state index contributed by atoms with van der Waals surface area (Å²) < 4.78 is 24.6. The van der Waals surface area contributed by atoms with Crippen molar-refractivity contribution in [3.05, 3.63) is 124 Å². The third kappa shape index (κ3) is 10.4. The molecule has 3 atom stereocenters. The molecule has 0 saturated carbocycles. The first kappa shape index (κ1) is 47.2. The van der Waals surface area contributed by atoms with Gasteiger partial charge in [-0.25, -0.2) is 0 Å². The van der Waals surface area contributed by atoms with E-state index in [0.717, 1.165) is 35.5 Å². The summed E-state index contributed by atoms with van der Waals surface area (Å²) in [6.45, 7) is 4.36. The Hall–Kier alpha value is -7.88. The third-order valence-corrected chi connectivity index (χ3v) is 13.1. The van der Waals surface area contributed by atoms with Crippen molar-refractivity contribution < 1.29 is 42.9 Å². The van der Waals surface area contributed by atoms with Gasteiger partial charge in [0.25, 0.3) is 5.91 Å². The summed E-state index contributed by atoms with van der Waals surface area (Å²) in [5.74, 6) is 0.381. The van der Waals surface area contributed by atoms with Crippen LogP contribution in [0.5, 0.6) is 23.0 Å². The lowest BCUT2D eigenvalue weighted by Gasteiger charge is -2.25. The summed E-state index contributed by atoms with van der Waals surface area (Å²) >= 11 is 0. The summed E-state index contributed by atoms with van der Waals surface area (Å²) in [5.41, 5.74) is 9.23. The number of Topliss-reactive ketones (excluding diaryl/α,β-unsaturated/α-hetero) is 1. The fourth-order valence-corrected chi connectivity index (χ4v) is 9.55. The first-order chi connectivity index (χ1) is 33.9. The number of anilines is 4. The van der Waals surface area contributed by atoms with Crippen molar-refractivity contribution in [1.29, 1.82) is 0 Å². The zero-order valence-corrected chi connectivity index (χ0v) is 39.8. The molecule has 4 aliphatic heterocycles. The number of methoxy groups -OCH3 is 2. The van der Waals surface area contributed by atoms with E-state index in [1.165, 1.54) is 25.3 Å². The lowest BCUT2D eigenvalue weighted by atomic mass is 10.1. The number of ketones is 1. The number of amides is 4. The maximum atomic E-state index is 14.0. The van der Waals surface area contributed by atoms with Crippen LogP contribution in [0.4, 0.5) is 28.4 Å². The van der Waals surface area contributed by atoms with E-state index in [-0.39, 0.29) is 49.8 Å². The van der Waals surface area contributed by atoms with Crippen LogP contribution in [0.3, 0.4) is 0 Å². The molecule has 0 bridgehead atoms. The number of carbonyl (C=O) groups excluding carboxylic acids is 5. The predicted octanol–water partition coefficient (Wildman–Crippen LogP) is 7.21. The first-order valence-corrected chi connectivity index (χ1v) is 23.7. The molecule has 5 aromatic rings. The fraction of sp³-hybridized carbons (Fsp3) is 0.333. The van der Waals surface area contributed by atoms with E-state index in [2.05, 4.69) is 50.4 Å². The fourth-order valence-electron chi connectivity index (χ4n) is 9.55. The van der Waals surface area contributed by atoms with Crippen LogP contribution >= 0.6 is 0 Å². The number of hydrogen-bond acceptors (Lipinski definition) is 12. The molecule has 5 aromatic carbocycles. The van der Waals surface area contributed by atoms with Gasteiger partial charge in [-0.2, -0.15) is 0 Å². The van der Waals surface area contributed by atoms with Gasteiger partial charge < -0.3 is 49.9 Å². The molecule has 2 unspecified atom stereocenters. The smallest absolute Gasteiger partial charge is 0.261 e. The molecule has 4 heterocycles. The number of nitrogens with one attached hydrogen (secondary N) is 4. The SMILES string of the molecule is COc1cc2c(cc1OCc1cc(COc3cc4c(cc3OC)CN3c5ccccc5CC3CN4)cc(NC(=O)C(C)NC(=O)CNC(=O)CCCCC(C)=O)c1)N=C[C@@H]1Cc3ccccc3N1C2=O. The topological polar surface area (TPSA) is 189 Å². The van der Waals surface area contributed by atoms with Crippen molar-refractivity contribution in [2.45, 2.75) is 90.3 Å². The van der Waals surface area contributed by atoms with Crippen molar-refractivity contribution in [1.82, 2.24) is 10.6 Å². The van der Waals surface area contributed by atoms with E-state index < -0.39 is 17.9 Å². The Balaban J connectivity index is 0.922. The van der Waals surface area contributed by atoms with Gasteiger partial charge in [0.05, 0.1) is 44.1 Å². The Kier molecular flexibility index (Phi) is 14.0. The molecule has 362 valence electrons. The van der Waals surface area contributed by atoms with E-state index in [1.807, 2.05) is 42.5 Å². The highest BCUT2D eigenvalue weighted by Crippen LogP contribution is 2.43. The minimum atomic E-state index is -0.961. The molecule has 70 heavy (non-hydrogen) atoms. The molecule has 4 amide bonds. The number of hydrogen-bond donors (Lipinski definition) is 4. The Morgan fingerprint density at radius 3 is 2.17 bits per heavy atom. The Morgan fingerprint density at radius 2 is 1.44 bits per heavy atom. The number of nitrogens with zero attached hydrogens (tertiary/aromatic N) is 3. The standard InChI is InChI=1S/C54H57N7O9/c1-32(62)11-5-10-16-51(63)57-28-52(64)58-33(2)53(65)59-39-18-34(30-69-49-24-43-38(22-47(49)67-3)29-60-40(26-55-43)20-36-12-6-8-14-45(36)60)17-35(19-39)31-70-50-25-44-42(23-48(50)68-4)54(66)61-41(27-56-44)21-37-13-7-9-15-46(37)61/h6-9,12-15,17-19,22-25,27,33,40-41,55H,5,10-11,16,20-21,26,28-31H2,1-4H3,(H,57,63)(H,58,64)(H,59,65)/t33?,40?,41-/m0/s1. The van der Waals surface area contributed by atoms with E-state index in [9.17, 15) is 24.0 Å². The molecule has 0 spiro atoms. The van der Waals surface area contributed by atoms with Gasteiger partial charge in [0, 0.05) is 73.4 Å². The molecule has 0 radical (unpaired) electrons. The molecule has 4 N–H and O–H groups in total. The monoisotopic (exact) mass is 947 g/mol. The summed E-state index contributed by atoms with van der Waals surface area (Å²) in [5, 5.41) is 11.8. The number of ether oxygens (including phenoxy) is 4. The van der Waals surface area contributed by atoms with Gasteiger partial charge in [-0.1, -0.05) is 36.4 Å². The largest absolute Gasteiger partial charge is 0.493 e. The second kappa shape index (κ2) is 20.8. The molecular formula is C54H57N7O9. The molecule has 16 heteroatoms. The van der Waals surface area contributed by atoms with Gasteiger partial charge in [-0.15, -0.1) is 0 Å². The highest BCUT2D eigenvalue weighted by Gasteiger charge is 2.37. The first-order valence-electron chi connectivity index (χ1n) is 23.7. The van der Waals surface area contributed by atoms with E-state index in [4.69, 9.17) is 23.9 Å². The quantitative estimate of drug-likeness (QED) is 0.0650. The second-order valence-corrected chi connectivity index (χ2v) is 18.1. The van der Waals surface area contributed by atoms with Crippen LogP contribution in [0.25, 0.3) is 0 Å².